The Balaban J connectivity index is 1.53. The normalized spacial score (nSPS) is 16.0. The Bertz CT molecular complexity index is 1200. The van der Waals surface area contributed by atoms with Gasteiger partial charge < -0.3 is 4.90 Å². The summed E-state index contributed by atoms with van der Waals surface area (Å²) in [5, 5.41) is 2.10. The van der Waals surface area contributed by atoms with Crippen molar-refractivity contribution in [3.63, 3.8) is 0 Å². The molecule has 1 aromatic carbocycles. The average Bonchev–Trinajstić information content (AvgIpc) is 3.36. The van der Waals surface area contributed by atoms with Crippen molar-refractivity contribution < 1.29 is 9.59 Å². The smallest absolute Gasteiger partial charge is 0.291 e. The second kappa shape index (κ2) is 8.73. The minimum Gasteiger partial charge on any atom is -0.338 e. The summed E-state index contributed by atoms with van der Waals surface area (Å²) in [6.07, 6.45) is 5.44. The van der Waals surface area contributed by atoms with Crippen molar-refractivity contribution in [2.24, 2.45) is 5.92 Å². The van der Waals surface area contributed by atoms with Crippen molar-refractivity contribution in [2.45, 2.75) is 18.1 Å². The summed E-state index contributed by atoms with van der Waals surface area (Å²) in [7, 11) is 0. The molecule has 1 N–H and O–H groups in total. The zero-order chi connectivity index (χ0) is 21.1. The first-order valence-corrected chi connectivity index (χ1v) is 11.1. The Morgan fingerprint density at radius 1 is 1.30 bits per heavy atom. The van der Waals surface area contributed by atoms with E-state index in [1.165, 1.54) is 23.1 Å². The van der Waals surface area contributed by atoms with Gasteiger partial charge in [0.1, 0.15) is 4.70 Å². The summed E-state index contributed by atoms with van der Waals surface area (Å²) in [6.45, 7) is 0.755. The fourth-order valence-corrected chi connectivity index (χ4v) is 4.69. The number of aromatic nitrogens is 2. The van der Waals surface area contributed by atoms with Crippen molar-refractivity contribution >= 4 is 45.1 Å². The number of likely N-dealkylation sites (tertiary alicyclic amines) is 1. The molecule has 1 fully saturated rings. The van der Waals surface area contributed by atoms with Gasteiger partial charge in [-0.15, -0.1) is 17.8 Å². The lowest BCUT2D eigenvalue weighted by Crippen LogP contribution is -2.38. The number of fused-ring (bicyclic) bond motifs is 1. The molecule has 3 aromatic rings. The summed E-state index contributed by atoms with van der Waals surface area (Å²) in [4.78, 5) is 44.3. The molecule has 7 nitrogen and oxygen atoms in total. The molecule has 9 heteroatoms. The molecule has 4 rings (SSSR count). The lowest BCUT2D eigenvalue weighted by Gasteiger charge is -2.17. The van der Waals surface area contributed by atoms with E-state index in [1.807, 2.05) is 30.3 Å². The molecule has 0 aliphatic carbocycles. The third-order valence-electron chi connectivity index (χ3n) is 4.76. The topological polar surface area (TPSA) is 84.3 Å². The van der Waals surface area contributed by atoms with Crippen molar-refractivity contribution in [1.29, 1.82) is 0 Å². The molecule has 152 valence electrons. The number of hydrogen-bond acceptors (Lipinski definition) is 6. The van der Waals surface area contributed by atoms with E-state index in [0.717, 1.165) is 10.2 Å². The van der Waals surface area contributed by atoms with E-state index < -0.39 is 5.92 Å². The Morgan fingerprint density at radius 2 is 2.10 bits per heavy atom. The van der Waals surface area contributed by atoms with Crippen LogP contribution in [0, 0.1) is 18.3 Å². The maximum Gasteiger partial charge on any atom is 0.291 e. The number of nitrogens with zero attached hydrogens (tertiary/aromatic N) is 3. The molecule has 1 atom stereocenters. The van der Waals surface area contributed by atoms with Gasteiger partial charge in [0.15, 0.2) is 5.16 Å². The number of carbonyl (C=O) groups is 2. The number of hydrogen-bond donors (Lipinski definition) is 1. The first kappa shape index (κ1) is 20.2. The van der Waals surface area contributed by atoms with Crippen LogP contribution in [-0.2, 0) is 16.1 Å². The van der Waals surface area contributed by atoms with Crippen LogP contribution in [0.4, 0.5) is 0 Å². The zero-order valence-electron chi connectivity index (χ0n) is 15.9. The van der Waals surface area contributed by atoms with Gasteiger partial charge in [0.05, 0.1) is 17.2 Å². The molecule has 1 unspecified atom stereocenters. The highest BCUT2D eigenvalue weighted by atomic mass is 32.2. The van der Waals surface area contributed by atoms with Crippen LogP contribution in [0.1, 0.15) is 12.0 Å². The molecule has 1 aliphatic heterocycles. The van der Waals surface area contributed by atoms with Crippen LogP contribution in [-0.4, -0.2) is 38.7 Å². The lowest BCUT2D eigenvalue weighted by atomic mass is 10.1. The van der Waals surface area contributed by atoms with E-state index in [2.05, 4.69) is 16.3 Å². The SMILES string of the molecule is C#CCSc1nc2ccsc2c(=O)n1NC(=O)C1CC(=O)N(Cc2ccccc2)C1. The Morgan fingerprint density at radius 3 is 2.87 bits per heavy atom. The van der Waals surface area contributed by atoms with E-state index in [0.29, 0.717) is 34.2 Å². The number of amides is 2. The van der Waals surface area contributed by atoms with Crippen LogP contribution in [0.5, 0.6) is 0 Å². The van der Waals surface area contributed by atoms with Gasteiger partial charge in [-0.2, -0.15) is 4.68 Å². The molecule has 2 aromatic heterocycles. The largest absolute Gasteiger partial charge is 0.338 e. The van der Waals surface area contributed by atoms with Gasteiger partial charge in [-0.25, -0.2) is 4.98 Å². The first-order valence-electron chi connectivity index (χ1n) is 9.26. The average molecular weight is 439 g/mol. The van der Waals surface area contributed by atoms with Crippen molar-refractivity contribution in [1.82, 2.24) is 14.6 Å². The molecule has 0 radical (unpaired) electrons. The minimum atomic E-state index is -0.544. The number of nitrogens with one attached hydrogen (secondary N) is 1. The Hall–Kier alpha value is -3.09. The van der Waals surface area contributed by atoms with Gasteiger partial charge >= 0.3 is 0 Å². The number of rotatable bonds is 6. The monoisotopic (exact) mass is 438 g/mol. The van der Waals surface area contributed by atoms with E-state index in [1.54, 1.807) is 16.3 Å². The van der Waals surface area contributed by atoms with Crippen LogP contribution >= 0.6 is 23.1 Å². The van der Waals surface area contributed by atoms with Gasteiger partial charge in [-0.3, -0.25) is 19.8 Å². The maximum absolute atomic E-state index is 12.9. The molecular weight excluding hydrogens is 420 g/mol. The molecule has 0 bridgehead atoms. The van der Waals surface area contributed by atoms with Crippen molar-refractivity contribution in [3.05, 3.63) is 57.7 Å². The highest BCUT2D eigenvalue weighted by molar-refractivity contribution is 7.99. The van der Waals surface area contributed by atoms with E-state index >= 15 is 0 Å². The summed E-state index contributed by atoms with van der Waals surface area (Å²) in [5.41, 5.74) is 3.88. The predicted octanol–water partition coefficient (Wildman–Crippen LogP) is 2.30. The van der Waals surface area contributed by atoms with E-state index in [4.69, 9.17) is 6.42 Å². The van der Waals surface area contributed by atoms with E-state index in [-0.39, 0.29) is 23.8 Å². The van der Waals surface area contributed by atoms with Gasteiger partial charge in [-0.05, 0) is 17.0 Å². The summed E-state index contributed by atoms with van der Waals surface area (Å²) in [5.74, 6) is 1.79. The quantitative estimate of drug-likeness (QED) is 0.363. The minimum absolute atomic E-state index is 0.0832. The van der Waals surface area contributed by atoms with Crippen molar-refractivity contribution in [3.8, 4) is 12.3 Å². The Labute approximate surface area is 181 Å². The molecule has 1 saturated heterocycles. The second-order valence-corrected chi connectivity index (χ2v) is 8.66. The first-order chi connectivity index (χ1) is 14.6. The number of thiophene rings is 1. The Kier molecular flexibility index (Phi) is 5.88. The number of benzene rings is 1. The molecule has 1 aliphatic rings. The van der Waals surface area contributed by atoms with Gasteiger partial charge in [0.2, 0.25) is 11.8 Å². The molecule has 30 heavy (non-hydrogen) atoms. The van der Waals surface area contributed by atoms with E-state index in [9.17, 15) is 14.4 Å². The maximum atomic E-state index is 12.9. The second-order valence-electron chi connectivity index (χ2n) is 6.80. The van der Waals surface area contributed by atoms with Crippen LogP contribution in [0.15, 0.2) is 51.7 Å². The van der Waals surface area contributed by atoms with Crippen LogP contribution in [0.2, 0.25) is 0 Å². The summed E-state index contributed by atoms with van der Waals surface area (Å²) in [6, 6.07) is 11.4. The molecular formula is C21H18N4O3S2. The van der Waals surface area contributed by atoms with Crippen LogP contribution in [0.3, 0.4) is 0 Å². The molecule has 0 saturated carbocycles. The van der Waals surface area contributed by atoms with Crippen LogP contribution < -0.4 is 11.0 Å². The third kappa shape index (κ3) is 4.10. The fourth-order valence-electron chi connectivity index (χ4n) is 3.30. The highest BCUT2D eigenvalue weighted by Crippen LogP contribution is 2.23. The zero-order valence-corrected chi connectivity index (χ0v) is 17.5. The molecule has 3 heterocycles. The highest BCUT2D eigenvalue weighted by Gasteiger charge is 2.34. The summed E-state index contributed by atoms with van der Waals surface area (Å²) < 4.78 is 1.60. The van der Waals surface area contributed by atoms with Gasteiger partial charge in [0.25, 0.3) is 5.56 Å². The third-order valence-corrected chi connectivity index (χ3v) is 6.49. The fraction of sp³-hybridized carbons (Fsp3) is 0.238. The number of terminal acetylenes is 1. The number of carbonyl (C=O) groups excluding carboxylic acids is 2. The molecule has 0 spiro atoms. The lowest BCUT2D eigenvalue weighted by molar-refractivity contribution is -0.128. The molecule has 2 amide bonds. The number of thioether (sulfide) groups is 1. The van der Waals surface area contributed by atoms with Crippen molar-refractivity contribution in [2.75, 3.05) is 17.7 Å². The summed E-state index contributed by atoms with van der Waals surface area (Å²) >= 11 is 2.46. The van der Waals surface area contributed by atoms with Gasteiger partial charge in [-0.1, -0.05) is 48.0 Å². The van der Waals surface area contributed by atoms with Gasteiger partial charge in [0, 0.05) is 19.5 Å². The predicted molar refractivity (Wildman–Crippen MR) is 118 cm³/mol. The standard InChI is InChI=1S/C21H18N4O3S2/c1-2-9-30-21-22-16-8-10-29-18(16)20(28)25(21)23-19(27)15-11-17(26)24(13-15)12-14-6-4-3-5-7-14/h1,3-8,10,15H,9,11-13H2,(H,23,27). The van der Waals surface area contributed by atoms with Crippen LogP contribution in [0.25, 0.3) is 10.2 Å².